The second-order valence-electron chi connectivity index (χ2n) is 4.97. The van der Waals surface area contributed by atoms with E-state index in [9.17, 15) is 8.78 Å². The molecule has 3 rings (SSSR count). The molecule has 2 heterocycles. The van der Waals surface area contributed by atoms with Gasteiger partial charge in [0.2, 0.25) is 0 Å². The van der Waals surface area contributed by atoms with Gasteiger partial charge in [-0.3, -0.25) is 4.98 Å². The second kappa shape index (κ2) is 4.86. The second-order valence-corrected chi connectivity index (χ2v) is 4.97. The van der Waals surface area contributed by atoms with Crippen LogP contribution in [0.2, 0.25) is 0 Å². The standard InChI is InChI=1S/C14H15F2N3O/c15-14(16)4-7-19(8-5-14)10-1-2-12-11(9-10)13(20-17)3-6-18-12/h1-3,6,9H,4-5,7-8,17H2. The summed E-state index contributed by atoms with van der Waals surface area (Å²) in [7, 11) is 0. The molecule has 2 N–H and O–H groups in total. The van der Waals surface area contributed by atoms with Gasteiger partial charge in [0.15, 0.2) is 5.75 Å². The van der Waals surface area contributed by atoms with E-state index in [0.717, 1.165) is 16.6 Å². The molecular weight excluding hydrogens is 264 g/mol. The topological polar surface area (TPSA) is 51.4 Å². The Balaban J connectivity index is 1.93. The first-order chi connectivity index (χ1) is 9.59. The summed E-state index contributed by atoms with van der Waals surface area (Å²) in [5.74, 6) is 3.23. The molecule has 106 valence electrons. The smallest absolute Gasteiger partial charge is 0.251 e. The van der Waals surface area contributed by atoms with Crippen LogP contribution in [0.4, 0.5) is 14.5 Å². The lowest BCUT2D eigenvalue weighted by Gasteiger charge is -2.33. The molecule has 0 spiro atoms. The average molecular weight is 279 g/mol. The van der Waals surface area contributed by atoms with Gasteiger partial charge in [0.05, 0.1) is 5.52 Å². The number of fused-ring (bicyclic) bond motifs is 1. The van der Waals surface area contributed by atoms with Crippen LogP contribution in [0.3, 0.4) is 0 Å². The summed E-state index contributed by atoms with van der Waals surface area (Å²) >= 11 is 0. The van der Waals surface area contributed by atoms with Gasteiger partial charge in [0, 0.05) is 49.3 Å². The lowest BCUT2D eigenvalue weighted by atomic mass is 10.1. The zero-order valence-electron chi connectivity index (χ0n) is 10.9. The quantitative estimate of drug-likeness (QED) is 0.859. The zero-order valence-corrected chi connectivity index (χ0v) is 10.9. The van der Waals surface area contributed by atoms with Gasteiger partial charge in [0.25, 0.3) is 5.92 Å². The molecule has 0 unspecified atom stereocenters. The van der Waals surface area contributed by atoms with E-state index in [1.807, 2.05) is 23.1 Å². The van der Waals surface area contributed by atoms with Crippen molar-refractivity contribution in [2.75, 3.05) is 18.0 Å². The van der Waals surface area contributed by atoms with Gasteiger partial charge in [-0.25, -0.2) is 8.78 Å². The van der Waals surface area contributed by atoms with Crippen LogP contribution in [0.15, 0.2) is 30.5 Å². The molecular formula is C14H15F2N3O. The first-order valence-electron chi connectivity index (χ1n) is 6.47. The lowest BCUT2D eigenvalue weighted by Crippen LogP contribution is -2.39. The van der Waals surface area contributed by atoms with E-state index in [4.69, 9.17) is 10.7 Å². The molecule has 0 atom stereocenters. The third kappa shape index (κ3) is 2.38. The van der Waals surface area contributed by atoms with Crippen LogP contribution < -0.4 is 15.6 Å². The molecule has 4 nitrogen and oxygen atoms in total. The number of rotatable bonds is 2. The van der Waals surface area contributed by atoms with Crippen LogP contribution in [0.25, 0.3) is 10.9 Å². The van der Waals surface area contributed by atoms with E-state index in [0.29, 0.717) is 18.8 Å². The number of anilines is 1. The number of pyridine rings is 1. The predicted octanol–water partition coefficient (Wildman–Crippen LogP) is 2.72. The Hall–Kier alpha value is -1.95. The van der Waals surface area contributed by atoms with E-state index in [2.05, 4.69) is 4.98 Å². The summed E-state index contributed by atoms with van der Waals surface area (Å²) in [6, 6.07) is 7.30. The van der Waals surface area contributed by atoms with Crippen molar-refractivity contribution in [2.24, 2.45) is 5.90 Å². The van der Waals surface area contributed by atoms with Gasteiger partial charge in [0.1, 0.15) is 0 Å². The Morgan fingerprint density at radius 2 is 1.95 bits per heavy atom. The maximum absolute atomic E-state index is 13.2. The molecule has 1 aromatic carbocycles. The zero-order chi connectivity index (χ0) is 14.2. The fourth-order valence-corrected chi connectivity index (χ4v) is 2.50. The summed E-state index contributed by atoms with van der Waals surface area (Å²) in [6.07, 6.45) is 1.39. The number of nitrogens with zero attached hydrogens (tertiary/aromatic N) is 2. The highest BCUT2D eigenvalue weighted by atomic mass is 19.3. The monoisotopic (exact) mass is 279 g/mol. The molecule has 1 aromatic heterocycles. The van der Waals surface area contributed by atoms with Crippen molar-refractivity contribution in [3.8, 4) is 5.75 Å². The molecule has 1 aliphatic rings. The maximum atomic E-state index is 13.2. The molecule has 20 heavy (non-hydrogen) atoms. The minimum Gasteiger partial charge on any atom is -0.411 e. The molecule has 1 aliphatic heterocycles. The minimum atomic E-state index is -2.54. The average Bonchev–Trinajstić information content (AvgIpc) is 2.46. The van der Waals surface area contributed by atoms with Crippen LogP contribution >= 0.6 is 0 Å². The highest BCUT2D eigenvalue weighted by molar-refractivity contribution is 5.88. The number of halogens is 2. The van der Waals surface area contributed by atoms with Crippen molar-refractivity contribution in [3.05, 3.63) is 30.5 Å². The first-order valence-corrected chi connectivity index (χ1v) is 6.47. The number of aromatic nitrogens is 1. The Labute approximate surface area is 115 Å². The molecule has 0 radical (unpaired) electrons. The van der Waals surface area contributed by atoms with E-state index in [-0.39, 0.29) is 12.8 Å². The Bertz CT molecular complexity index is 623. The molecule has 0 bridgehead atoms. The van der Waals surface area contributed by atoms with Crippen LogP contribution in [-0.2, 0) is 0 Å². The van der Waals surface area contributed by atoms with Crippen LogP contribution in [0, 0.1) is 0 Å². The highest BCUT2D eigenvalue weighted by Gasteiger charge is 2.34. The van der Waals surface area contributed by atoms with Crippen molar-refractivity contribution in [1.29, 1.82) is 0 Å². The SMILES string of the molecule is NOc1ccnc2ccc(N3CCC(F)(F)CC3)cc12. The van der Waals surface area contributed by atoms with E-state index in [1.54, 1.807) is 12.3 Å². The summed E-state index contributed by atoms with van der Waals surface area (Å²) < 4.78 is 26.4. The van der Waals surface area contributed by atoms with Gasteiger partial charge in [-0.15, -0.1) is 0 Å². The highest BCUT2D eigenvalue weighted by Crippen LogP contribution is 2.33. The fourth-order valence-electron chi connectivity index (χ4n) is 2.50. The molecule has 2 aromatic rings. The van der Waals surface area contributed by atoms with E-state index in [1.165, 1.54) is 0 Å². The van der Waals surface area contributed by atoms with Gasteiger partial charge in [-0.05, 0) is 18.2 Å². The van der Waals surface area contributed by atoms with E-state index < -0.39 is 5.92 Å². The van der Waals surface area contributed by atoms with Gasteiger partial charge < -0.3 is 9.74 Å². The molecule has 0 saturated carbocycles. The number of benzene rings is 1. The number of alkyl halides is 2. The maximum Gasteiger partial charge on any atom is 0.251 e. The van der Waals surface area contributed by atoms with Crippen LogP contribution in [-0.4, -0.2) is 24.0 Å². The van der Waals surface area contributed by atoms with Gasteiger partial charge in [-0.1, -0.05) is 0 Å². The number of hydrogen-bond donors (Lipinski definition) is 1. The summed E-state index contributed by atoms with van der Waals surface area (Å²) in [6.45, 7) is 0.690. The van der Waals surface area contributed by atoms with E-state index >= 15 is 0 Å². The Morgan fingerprint density at radius 1 is 1.20 bits per heavy atom. The largest absolute Gasteiger partial charge is 0.411 e. The van der Waals surface area contributed by atoms with Crippen molar-refractivity contribution >= 4 is 16.6 Å². The number of nitrogens with two attached hydrogens (primary N) is 1. The lowest BCUT2D eigenvalue weighted by molar-refractivity contribution is -0.0220. The molecule has 1 fully saturated rings. The van der Waals surface area contributed by atoms with Crippen molar-refractivity contribution in [1.82, 2.24) is 4.98 Å². The Kier molecular flexibility index (Phi) is 3.17. The summed E-state index contributed by atoms with van der Waals surface area (Å²) in [5.41, 5.74) is 1.65. The van der Waals surface area contributed by atoms with Crippen molar-refractivity contribution in [2.45, 2.75) is 18.8 Å². The fraction of sp³-hybridized carbons (Fsp3) is 0.357. The number of piperidine rings is 1. The van der Waals surface area contributed by atoms with Crippen molar-refractivity contribution < 1.29 is 13.6 Å². The van der Waals surface area contributed by atoms with Crippen LogP contribution in [0.5, 0.6) is 5.75 Å². The van der Waals surface area contributed by atoms with Gasteiger partial charge >= 0.3 is 0 Å². The number of hydrogen-bond acceptors (Lipinski definition) is 4. The molecule has 6 heteroatoms. The summed E-state index contributed by atoms with van der Waals surface area (Å²) in [5, 5.41) is 0.782. The molecule has 0 aliphatic carbocycles. The van der Waals surface area contributed by atoms with Crippen molar-refractivity contribution in [3.63, 3.8) is 0 Å². The summed E-state index contributed by atoms with van der Waals surface area (Å²) in [4.78, 5) is 11.0. The minimum absolute atomic E-state index is 0.113. The predicted molar refractivity (Wildman–Crippen MR) is 73.0 cm³/mol. The Morgan fingerprint density at radius 3 is 2.65 bits per heavy atom. The van der Waals surface area contributed by atoms with Crippen LogP contribution in [0.1, 0.15) is 12.8 Å². The third-order valence-corrected chi connectivity index (χ3v) is 3.67. The molecule has 1 saturated heterocycles. The first kappa shape index (κ1) is 13.1. The normalized spacial score (nSPS) is 18.2. The van der Waals surface area contributed by atoms with Gasteiger partial charge in [-0.2, -0.15) is 5.90 Å². The molecule has 0 amide bonds. The third-order valence-electron chi connectivity index (χ3n) is 3.67.